The number of hydrazone groups is 1. The molecule has 23 heavy (non-hydrogen) atoms. The second-order valence-electron chi connectivity index (χ2n) is 4.51. The first-order valence-electron chi connectivity index (χ1n) is 7.02. The summed E-state index contributed by atoms with van der Waals surface area (Å²) in [5, 5.41) is 4.21. The molecule has 1 N–H and O–H groups in total. The molecule has 0 fully saturated rings. The zero-order chi connectivity index (χ0) is 15.7. The van der Waals surface area contributed by atoms with E-state index in [1.54, 1.807) is 31.0 Å². The van der Waals surface area contributed by atoms with Crippen LogP contribution in [0.4, 0.5) is 5.82 Å². The van der Waals surface area contributed by atoms with Crippen molar-refractivity contribution < 1.29 is 0 Å². The average molecular weight is 302 g/mol. The van der Waals surface area contributed by atoms with Crippen molar-refractivity contribution in [2.24, 2.45) is 10.1 Å². The molecular formula is C17H14N6. The van der Waals surface area contributed by atoms with E-state index in [0.717, 1.165) is 5.56 Å². The summed E-state index contributed by atoms with van der Waals surface area (Å²) in [5.74, 6) is 1.11. The molecule has 3 aromatic heterocycles. The minimum absolute atomic E-state index is 0.523. The highest BCUT2D eigenvalue weighted by Crippen LogP contribution is 2.07. The van der Waals surface area contributed by atoms with Crippen molar-refractivity contribution in [2.75, 3.05) is 0 Å². The van der Waals surface area contributed by atoms with Gasteiger partial charge in [-0.05, 0) is 42.0 Å². The number of aromatic nitrogens is 3. The maximum atomic E-state index is 4.47. The Bertz CT molecular complexity index is 785. The molecule has 0 aromatic carbocycles. The Kier molecular flexibility index (Phi) is 4.77. The van der Waals surface area contributed by atoms with E-state index in [0.29, 0.717) is 17.3 Å². The number of hydrogen-bond acceptors (Lipinski definition) is 5. The third-order valence-corrected chi connectivity index (χ3v) is 2.87. The zero-order valence-corrected chi connectivity index (χ0v) is 12.2. The van der Waals surface area contributed by atoms with Gasteiger partial charge in [0.15, 0.2) is 11.7 Å². The number of nitrogens with one attached hydrogen (secondary N) is 1. The molecular weight excluding hydrogens is 288 g/mol. The summed E-state index contributed by atoms with van der Waals surface area (Å²) in [4.78, 5) is 16.9. The Balaban J connectivity index is 1.84. The van der Waals surface area contributed by atoms with Gasteiger partial charge in [0.2, 0.25) is 0 Å². The highest BCUT2D eigenvalue weighted by atomic mass is 15.3. The summed E-state index contributed by atoms with van der Waals surface area (Å²) in [5.41, 5.74) is 4.55. The summed E-state index contributed by atoms with van der Waals surface area (Å²) >= 11 is 0. The van der Waals surface area contributed by atoms with Crippen molar-refractivity contribution in [3.05, 3.63) is 84.6 Å². The highest BCUT2D eigenvalue weighted by molar-refractivity contribution is 5.98. The van der Waals surface area contributed by atoms with Gasteiger partial charge in [-0.3, -0.25) is 15.4 Å². The van der Waals surface area contributed by atoms with Crippen LogP contribution < -0.4 is 5.43 Å². The average Bonchev–Trinajstić information content (AvgIpc) is 2.63. The molecule has 0 spiro atoms. The lowest BCUT2D eigenvalue weighted by atomic mass is 10.3. The monoisotopic (exact) mass is 302 g/mol. The van der Waals surface area contributed by atoms with Crippen LogP contribution in [0.15, 0.2) is 83.4 Å². The van der Waals surface area contributed by atoms with E-state index < -0.39 is 0 Å². The van der Waals surface area contributed by atoms with E-state index in [4.69, 9.17) is 0 Å². The SMILES string of the molecule is C(=N/NC(=Nc1ccccn1)c1ccccn1)/c1ccncc1. The molecule has 0 unspecified atom stereocenters. The van der Waals surface area contributed by atoms with E-state index in [9.17, 15) is 0 Å². The van der Waals surface area contributed by atoms with Crippen LogP contribution in [0, 0.1) is 0 Å². The molecule has 0 bridgehead atoms. The van der Waals surface area contributed by atoms with Gasteiger partial charge in [-0.15, -0.1) is 0 Å². The van der Waals surface area contributed by atoms with E-state index >= 15 is 0 Å². The topological polar surface area (TPSA) is 75.4 Å². The van der Waals surface area contributed by atoms with Gasteiger partial charge in [0, 0.05) is 24.8 Å². The lowest BCUT2D eigenvalue weighted by Crippen LogP contribution is -2.20. The molecule has 3 heterocycles. The van der Waals surface area contributed by atoms with Crippen LogP contribution in [-0.4, -0.2) is 27.0 Å². The predicted octanol–water partition coefficient (Wildman–Crippen LogP) is 2.57. The summed E-state index contributed by atoms with van der Waals surface area (Å²) in [6, 6.07) is 14.9. The van der Waals surface area contributed by atoms with Gasteiger partial charge in [-0.1, -0.05) is 12.1 Å². The Morgan fingerprint density at radius 1 is 0.870 bits per heavy atom. The summed E-state index contributed by atoms with van der Waals surface area (Å²) in [6.45, 7) is 0. The zero-order valence-electron chi connectivity index (χ0n) is 12.2. The van der Waals surface area contributed by atoms with Crippen LogP contribution in [0.5, 0.6) is 0 Å². The molecule has 0 aliphatic heterocycles. The molecule has 6 heteroatoms. The highest BCUT2D eigenvalue weighted by Gasteiger charge is 2.04. The van der Waals surface area contributed by atoms with Gasteiger partial charge >= 0.3 is 0 Å². The summed E-state index contributed by atoms with van der Waals surface area (Å²) in [7, 11) is 0. The van der Waals surface area contributed by atoms with Crippen molar-refractivity contribution >= 4 is 17.9 Å². The lowest BCUT2D eigenvalue weighted by Gasteiger charge is -2.04. The smallest absolute Gasteiger partial charge is 0.174 e. The van der Waals surface area contributed by atoms with Crippen LogP contribution in [0.3, 0.4) is 0 Å². The molecule has 0 aliphatic rings. The number of pyridine rings is 3. The molecule has 0 amide bonds. The van der Waals surface area contributed by atoms with Gasteiger partial charge < -0.3 is 0 Å². The molecule has 0 radical (unpaired) electrons. The van der Waals surface area contributed by atoms with E-state index in [1.807, 2.05) is 48.5 Å². The Morgan fingerprint density at radius 3 is 2.35 bits per heavy atom. The molecule has 6 nitrogen and oxygen atoms in total. The molecule has 112 valence electrons. The van der Waals surface area contributed by atoms with Gasteiger partial charge in [-0.2, -0.15) is 5.10 Å². The first-order chi connectivity index (χ1) is 11.4. The molecule has 3 rings (SSSR count). The second-order valence-corrected chi connectivity index (χ2v) is 4.51. The van der Waals surface area contributed by atoms with Crippen LogP contribution in [0.1, 0.15) is 11.3 Å². The van der Waals surface area contributed by atoms with Crippen molar-refractivity contribution in [2.45, 2.75) is 0 Å². The van der Waals surface area contributed by atoms with E-state index in [2.05, 4.69) is 30.5 Å². The molecule has 0 aliphatic carbocycles. The molecule has 0 saturated carbocycles. The maximum absolute atomic E-state index is 4.47. The van der Waals surface area contributed by atoms with Gasteiger partial charge in [0.05, 0.1) is 6.21 Å². The Morgan fingerprint density at radius 2 is 1.65 bits per heavy atom. The van der Waals surface area contributed by atoms with Crippen LogP contribution in [-0.2, 0) is 0 Å². The van der Waals surface area contributed by atoms with Crippen molar-refractivity contribution in [1.29, 1.82) is 0 Å². The molecule has 3 aromatic rings. The number of hydrogen-bond donors (Lipinski definition) is 1. The maximum Gasteiger partial charge on any atom is 0.174 e. The van der Waals surface area contributed by atoms with Crippen molar-refractivity contribution in [3.8, 4) is 0 Å². The van der Waals surface area contributed by atoms with Gasteiger partial charge in [0.1, 0.15) is 5.69 Å². The largest absolute Gasteiger partial charge is 0.265 e. The van der Waals surface area contributed by atoms with Crippen molar-refractivity contribution in [3.63, 3.8) is 0 Å². The third-order valence-electron chi connectivity index (χ3n) is 2.87. The fraction of sp³-hybridized carbons (Fsp3) is 0. The van der Waals surface area contributed by atoms with E-state index in [-0.39, 0.29) is 0 Å². The number of rotatable bonds is 4. The minimum atomic E-state index is 0.523. The fourth-order valence-corrected chi connectivity index (χ4v) is 1.79. The Labute approximate surface area is 133 Å². The third kappa shape index (κ3) is 4.28. The van der Waals surface area contributed by atoms with Crippen LogP contribution >= 0.6 is 0 Å². The standard InChI is InChI=1S/C17H14N6/c1-3-9-19-15(5-1)17(22-16-6-2-4-10-20-16)23-21-13-14-7-11-18-12-8-14/h1-13H,(H,20,22,23)/b21-13-. The summed E-state index contributed by atoms with van der Waals surface area (Å²) in [6.07, 6.45) is 8.51. The second kappa shape index (κ2) is 7.56. The summed E-state index contributed by atoms with van der Waals surface area (Å²) < 4.78 is 0. The Hall–Kier alpha value is -3.41. The number of nitrogens with zero attached hydrogens (tertiary/aromatic N) is 5. The molecule has 0 saturated heterocycles. The number of aliphatic imine (C=N–C) groups is 1. The van der Waals surface area contributed by atoms with E-state index in [1.165, 1.54) is 0 Å². The van der Waals surface area contributed by atoms with Gasteiger partial charge in [-0.25, -0.2) is 9.98 Å². The minimum Gasteiger partial charge on any atom is -0.265 e. The molecule has 0 atom stereocenters. The first-order valence-corrected chi connectivity index (χ1v) is 7.02. The quantitative estimate of drug-likeness (QED) is 0.456. The van der Waals surface area contributed by atoms with Crippen LogP contribution in [0.25, 0.3) is 0 Å². The van der Waals surface area contributed by atoms with Crippen LogP contribution in [0.2, 0.25) is 0 Å². The normalized spacial score (nSPS) is 11.6. The predicted molar refractivity (Wildman–Crippen MR) is 89.6 cm³/mol. The van der Waals surface area contributed by atoms with Gasteiger partial charge in [0.25, 0.3) is 0 Å². The lowest BCUT2D eigenvalue weighted by molar-refractivity contribution is 1.01. The number of amidine groups is 1. The van der Waals surface area contributed by atoms with Crippen molar-refractivity contribution in [1.82, 2.24) is 20.4 Å². The fourth-order valence-electron chi connectivity index (χ4n) is 1.79. The first kappa shape index (κ1) is 14.5.